The molecule has 1 saturated heterocycles. The number of fused-ring (bicyclic) bond motifs is 3. The molecule has 1 N–H and O–H groups in total. The average Bonchev–Trinajstić information content (AvgIpc) is 3.54. The number of hydrogen-bond acceptors (Lipinski definition) is 5. The normalized spacial score (nSPS) is 15.3. The molecule has 3 heterocycles. The monoisotopic (exact) mass is 497 g/mol. The van der Waals surface area contributed by atoms with Crippen molar-refractivity contribution in [3.8, 4) is 16.9 Å². The first-order chi connectivity index (χ1) is 17.6. The topological polar surface area (TPSA) is 70.5 Å². The van der Waals surface area contributed by atoms with Crippen molar-refractivity contribution in [2.45, 2.75) is 12.8 Å². The van der Waals surface area contributed by atoms with Crippen LogP contribution in [0.2, 0.25) is 0 Å². The molecule has 2 aromatic heterocycles. The summed E-state index contributed by atoms with van der Waals surface area (Å²) in [5, 5.41) is 9.96. The lowest BCUT2D eigenvalue weighted by Crippen LogP contribution is -2.47. The van der Waals surface area contributed by atoms with E-state index in [4.69, 9.17) is 5.10 Å². The second-order valence-corrected chi connectivity index (χ2v) is 10.3. The fraction of sp³-hybridized carbons (Fsp3) is 0.250. The first kappa shape index (κ1) is 22.7. The fourth-order valence-electron chi connectivity index (χ4n) is 4.94. The molecule has 6 rings (SSSR count). The van der Waals surface area contributed by atoms with E-state index in [1.54, 1.807) is 23.5 Å². The Bertz CT molecular complexity index is 1420. The van der Waals surface area contributed by atoms with E-state index in [0.717, 1.165) is 61.5 Å². The van der Waals surface area contributed by atoms with Crippen LogP contribution in [-0.4, -0.2) is 64.6 Å². The lowest BCUT2D eigenvalue weighted by molar-refractivity contribution is 0.0656. The van der Waals surface area contributed by atoms with Gasteiger partial charge in [-0.3, -0.25) is 9.59 Å². The molecule has 0 spiro atoms. The Balaban J connectivity index is 1.34. The van der Waals surface area contributed by atoms with Crippen LogP contribution < -0.4 is 5.32 Å². The summed E-state index contributed by atoms with van der Waals surface area (Å²) < 4.78 is 1.91. The van der Waals surface area contributed by atoms with Crippen LogP contribution in [0.5, 0.6) is 0 Å². The van der Waals surface area contributed by atoms with Gasteiger partial charge in [-0.25, -0.2) is 4.68 Å². The van der Waals surface area contributed by atoms with Crippen molar-refractivity contribution in [2.75, 3.05) is 38.5 Å². The van der Waals surface area contributed by atoms with Crippen LogP contribution in [-0.2, 0) is 12.8 Å². The third-order valence-electron chi connectivity index (χ3n) is 6.98. The predicted molar refractivity (Wildman–Crippen MR) is 142 cm³/mol. The van der Waals surface area contributed by atoms with Crippen LogP contribution in [0.4, 0.5) is 5.69 Å². The summed E-state index contributed by atoms with van der Waals surface area (Å²) in [6.45, 7) is 3.19. The number of carbonyl (C=O) groups excluding carboxylic acids is 2. The van der Waals surface area contributed by atoms with E-state index in [9.17, 15) is 9.59 Å². The molecule has 2 aliphatic rings. The number of hydrogen-bond donors (Lipinski definition) is 1. The molecule has 0 atom stereocenters. The van der Waals surface area contributed by atoms with E-state index in [1.807, 2.05) is 52.0 Å². The van der Waals surface area contributed by atoms with Gasteiger partial charge >= 0.3 is 0 Å². The maximum absolute atomic E-state index is 13.6. The van der Waals surface area contributed by atoms with Gasteiger partial charge in [-0.2, -0.15) is 5.10 Å². The quantitative estimate of drug-likeness (QED) is 0.455. The molecule has 182 valence electrons. The number of benzene rings is 2. The summed E-state index contributed by atoms with van der Waals surface area (Å²) in [5.74, 6) is -0.133. The van der Waals surface area contributed by atoms with Crippen LogP contribution in [0.3, 0.4) is 0 Å². The summed E-state index contributed by atoms with van der Waals surface area (Å²) in [5.41, 5.74) is 5.95. The van der Waals surface area contributed by atoms with Gasteiger partial charge in [-0.15, -0.1) is 11.3 Å². The molecule has 1 fully saturated rings. The Labute approximate surface area is 214 Å². The SMILES string of the molecule is CN1CCN(C(=O)c2nn(-c3ccc(NC(=O)c4ccccc4)cc3)c3c2CCc2sccc2-3)CC1. The largest absolute Gasteiger partial charge is 0.335 e. The number of nitrogens with one attached hydrogen (secondary N) is 1. The zero-order valence-corrected chi connectivity index (χ0v) is 20.9. The molecule has 0 radical (unpaired) electrons. The van der Waals surface area contributed by atoms with Gasteiger partial charge in [0.25, 0.3) is 11.8 Å². The van der Waals surface area contributed by atoms with Crippen LogP contribution in [0.15, 0.2) is 66.0 Å². The molecule has 36 heavy (non-hydrogen) atoms. The van der Waals surface area contributed by atoms with E-state index in [1.165, 1.54) is 4.88 Å². The molecular weight excluding hydrogens is 470 g/mol. The Morgan fingerprint density at radius 2 is 1.67 bits per heavy atom. The number of amides is 2. The number of likely N-dealkylation sites (N-methyl/N-ethyl adjacent to an activating group) is 1. The van der Waals surface area contributed by atoms with Gasteiger partial charge in [0.1, 0.15) is 0 Å². The lowest BCUT2D eigenvalue weighted by Gasteiger charge is -2.32. The first-order valence-electron chi connectivity index (χ1n) is 12.2. The molecule has 1 aliphatic carbocycles. The summed E-state index contributed by atoms with van der Waals surface area (Å²) in [7, 11) is 2.09. The second kappa shape index (κ2) is 9.37. The average molecular weight is 498 g/mol. The molecule has 2 amide bonds. The van der Waals surface area contributed by atoms with Crippen molar-refractivity contribution in [3.63, 3.8) is 0 Å². The van der Waals surface area contributed by atoms with Gasteiger partial charge in [0.15, 0.2) is 5.69 Å². The Hall–Kier alpha value is -3.75. The number of piperazine rings is 1. The second-order valence-electron chi connectivity index (χ2n) is 9.31. The van der Waals surface area contributed by atoms with Gasteiger partial charge < -0.3 is 15.1 Å². The van der Waals surface area contributed by atoms with Crippen LogP contribution in [0.25, 0.3) is 16.9 Å². The Kier molecular flexibility index (Phi) is 5.91. The molecular formula is C28H27N5O2S. The zero-order chi connectivity index (χ0) is 24.6. The van der Waals surface area contributed by atoms with E-state index in [0.29, 0.717) is 16.9 Å². The van der Waals surface area contributed by atoms with Gasteiger partial charge in [-0.05, 0) is 67.7 Å². The number of aryl methyl sites for hydroxylation is 1. The van der Waals surface area contributed by atoms with Crippen LogP contribution in [0, 0.1) is 0 Å². The van der Waals surface area contributed by atoms with Crippen LogP contribution in [0.1, 0.15) is 31.3 Å². The molecule has 0 saturated carbocycles. The number of thiophene rings is 1. The first-order valence-corrected chi connectivity index (χ1v) is 13.1. The smallest absolute Gasteiger partial charge is 0.274 e. The molecule has 7 nitrogen and oxygen atoms in total. The van der Waals surface area contributed by atoms with Crippen molar-refractivity contribution in [1.29, 1.82) is 0 Å². The Morgan fingerprint density at radius 3 is 2.42 bits per heavy atom. The maximum atomic E-state index is 13.6. The highest BCUT2D eigenvalue weighted by molar-refractivity contribution is 7.10. The predicted octanol–water partition coefficient (Wildman–Crippen LogP) is 4.34. The summed E-state index contributed by atoms with van der Waals surface area (Å²) in [6.07, 6.45) is 1.74. The minimum absolute atomic E-state index is 0.0172. The molecule has 0 bridgehead atoms. The van der Waals surface area contributed by atoms with Gasteiger partial charge in [0.2, 0.25) is 0 Å². The van der Waals surface area contributed by atoms with Gasteiger partial charge in [-0.1, -0.05) is 18.2 Å². The zero-order valence-electron chi connectivity index (χ0n) is 20.1. The highest BCUT2D eigenvalue weighted by Gasteiger charge is 2.32. The van der Waals surface area contributed by atoms with Crippen molar-refractivity contribution in [3.05, 3.63) is 87.7 Å². The third-order valence-corrected chi connectivity index (χ3v) is 7.97. The summed E-state index contributed by atoms with van der Waals surface area (Å²) in [4.78, 5) is 31.6. The highest BCUT2D eigenvalue weighted by Crippen LogP contribution is 2.40. The Morgan fingerprint density at radius 1 is 0.917 bits per heavy atom. The van der Waals surface area contributed by atoms with E-state index in [2.05, 4.69) is 28.7 Å². The van der Waals surface area contributed by atoms with Crippen molar-refractivity contribution in [2.24, 2.45) is 0 Å². The summed E-state index contributed by atoms with van der Waals surface area (Å²) >= 11 is 1.76. The number of rotatable bonds is 4. The lowest BCUT2D eigenvalue weighted by atomic mass is 9.94. The minimum atomic E-state index is -0.150. The van der Waals surface area contributed by atoms with Crippen molar-refractivity contribution >= 4 is 28.8 Å². The highest BCUT2D eigenvalue weighted by atomic mass is 32.1. The number of anilines is 1. The standard InChI is InChI=1S/C28H27N5O2S/c1-31-14-16-32(17-15-31)28(35)25-23-11-12-24-22(13-18-36-24)26(23)33(30-25)21-9-7-20(8-10-21)29-27(34)19-5-3-2-4-6-19/h2-10,13,18H,11-12,14-17H2,1H3,(H,29,34). The van der Waals surface area contributed by atoms with E-state index >= 15 is 0 Å². The fourth-order valence-corrected chi connectivity index (χ4v) is 5.82. The van der Waals surface area contributed by atoms with E-state index in [-0.39, 0.29) is 11.8 Å². The molecule has 1 aliphatic heterocycles. The third kappa shape index (κ3) is 4.12. The van der Waals surface area contributed by atoms with Crippen molar-refractivity contribution < 1.29 is 9.59 Å². The minimum Gasteiger partial charge on any atom is -0.335 e. The van der Waals surface area contributed by atoms with Gasteiger partial charge in [0, 0.05) is 53.4 Å². The molecule has 2 aromatic carbocycles. The number of nitrogens with zero attached hydrogens (tertiary/aromatic N) is 4. The van der Waals surface area contributed by atoms with E-state index < -0.39 is 0 Å². The molecule has 4 aromatic rings. The van der Waals surface area contributed by atoms with Crippen LogP contribution >= 0.6 is 11.3 Å². The summed E-state index contributed by atoms with van der Waals surface area (Å²) in [6, 6.07) is 18.9. The number of carbonyl (C=O) groups is 2. The molecule has 0 unspecified atom stereocenters. The molecule has 8 heteroatoms. The van der Waals surface area contributed by atoms with Crippen molar-refractivity contribution in [1.82, 2.24) is 19.6 Å². The number of aromatic nitrogens is 2. The van der Waals surface area contributed by atoms with Gasteiger partial charge in [0.05, 0.1) is 11.4 Å². The maximum Gasteiger partial charge on any atom is 0.274 e.